The van der Waals surface area contributed by atoms with Crippen LogP contribution in [-0.2, 0) is 9.47 Å². The molecule has 0 saturated heterocycles. The number of esters is 1. The van der Waals surface area contributed by atoms with Crippen LogP contribution in [0.25, 0.3) is 0 Å². The van der Waals surface area contributed by atoms with Crippen molar-refractivity contribution in [2.24, 2.45) is 0 Å². The molecule has 0 heterocycles. The summed E-state index contributed by atoms with van der Waals surface area (Å²) < 4.78 is 44.8. The molecule has 0 unspecified atom stereocenters. The SMILES string of the molecule is COC(=O)c1ccc([C@@H](CBr)OC(F)(F)F)cc1. The van der Waals surface area contributed by atoms with Gasteiger partial charge < -0.3 is 4.74 Å². The lowest BCUT2D eigenvalue weighted by Gasteiger charge is -2.17. The van der Waals surface area contributed by atoms with Gasteiger partial charge in [-0.15, -0.1) is 13.2 Å². The van der Waals surface area contributed by atoms with Crippen LogP contribution in [0.15, 0.2) is 24.3 Å². The molecule has 0 spiro atoms. The van der Waals surface area contributed by atoms with Crippen LogP contribution in [0, 0.1) is 0 Å². The average molecular weight is 327 g/mol. The van der Waals surface area contributed by atoms with E-state index >= 15 is 0 Å². The quantitative estimate of drug-likeness (QED) is 0.628. The molecule has 1 atom stereocenters. The molecule has 0 aliphatic rings. The zero-order chi connectivity index (χ0) is 13.8. The van der Waals surface area contributed by atoms with E-state index in [4.69, 9.17) is 0 Å². The Hall–Kier alpha value is -1.08. The summed E-state index contributed by atoms with van der Waals surface area (Å²) in [6.45, 7) is 0. The van der Waals surface area contributed by atoms with Crippen LogP contribution in [0.5, 0.6) is 0 Å². The van der Waals surface area contributed by atoms with Gasteiger partial charge in [-0.25, -0.2) is 4.79 Å². The number of methoxy groups -OCH3 is 1. The first kappa shape index (κ1) is 15.0. The second-order valence-electron chi connectivity index (χ2n) is 3.32. The fraction of sp³-hybridized carbons (Fsp3) is 0.364. The fourth-order valence-corrected chi connectivity index (χ4v) is 1.81. The Kier molecular flexibility index (Phi) is 5.15. The van der Waals surface area contributed by atoms with E-state index in [2.05, 4.69) is 25.4 Å². The number of ether oxygens (including phenoxy) is 2. The zero-order valence-electron chi connectivity index (χ0n) is 9.33. The summed E-state index contributed by atoms with van der Waals surface area (Å²) in [4.78, 5) is 11.2. The van der Waals surface area contributed by atoms with Crippen molar-refractivity contribution in [1.29, 1.82) is 0 Å². The van der Waals surface area contributed by atoms with Crippen molar-refractivity contribution in [1.82, 2.24) is 0 Å². The van der Waals surface area contributed by atoms with Gasteiger partial charge in [0.25, 0.3) is 0 Å². The molecule has 0 aliphatic heterocycles. The molecule has 1 aromatic carbocycles. The molecule has 18 heavy (non-hydrogen) atoms. The lowest BCUT2D eigenvalue weighted by atomic mass is 10.1. The lowest BCUT2D eigenvalue weighted by molar-refractivity contribution is -0.341. The van der Waals surface area contributed by atoms with Gasteiger partial charge in [-0.3, -0.25) is 4.74 Å². The first-order valence-corrected chi connectivity index (χ1v) is 5.98. The van der Waals surface area contributed by atoms with Crippen LogP contribution < -0.4 is 0 Å². The highest BCUT2D eigenvalue weighted by Crippen LogP contribution is 2.29. The summed E-state index contributed by atoms with van der Waals surface area (Å²) in [7, 11) is 1.23. The minimum Gasteiger partial charge on any atom is -0.465 e. The number of halogens is 4. The molecule has 0 aliphatic carbocycles. The molecule has 0 N–H and O–H groups in total. The molecule has 1 rings (SSSR count). The van der Waals surface area contributed by atoms with E-state index < -0.39 is 18.4 Å². The third-order valence-electron chi connectivity index (χ3n) is 2.12. The number of carbonyl (C=O) groups is 1. The van der Waals surface area contributed by atoms with E-state index in [9.17, 15) is 18.0 Å². The van der Waals surface area contributed by atoms with E-state index in [1.165, 1.54) is 31.4 Å². The number of carbonyl (C=O) groups excluding carboxylic acids is 1. The van der Waals surface area contributed by atoms with Crippen LogP contribution in [0.2, 0.25) is 0 Å². The van der Waals surface area contributed by atoms with Crippen LogP contribution in [0.3, 0.4) is 0 Å². The number of benzene rings is 1. The molecule has 0 fully saturated rings. The summed E-state index contributed by atoms with van der Waals surface area (Å²) in [5.41, 5.74) is 0.582. The van der Waals surface area contributed by atoms with Gasteiger partial charge in [0.1, 0.15) is 6.10 Å². The molecule has 0 bridgehead atoms. The monoisotopic (exact) mass is 326 g/mol. The molecule has 1 aromatic rings. The molecule has 3 nitrogen and oxygen atoms in total. The number of rotatable bonds is 4. The summed E-state index contributed by atoms with van der Waals surface area (Å²) in [6.07, 6.45) is -5.86. The number of hydrogen-bond donors (Lipinski definition) is 0. The number of hydrogen-bond acceptors (Lipinski definition) is 3. The average Bonchev–Trinajstić information content (AvgIpc) is 2.34. The van der Waals surface area contributed by atoms with Crippen molar-refractivity contribution < 1.29 is 27.4 Å². The van der Waals surface area contributed by atoms with Gasteiger partial charge in [-0.2, -0.15) is 0 Å². The van der Waals surface area contributed by atoms with Gasteiger partial charge in [0, 0.05) is 5.33 Å². The van der Waals surface area contributed by atoms with E-state index in [-0.39, 0.29) is 10.9 Å². The van der Waals surface area contributed by atoms with Crippen molar-refractivity contribution in [2.45, 2.75) is 12.5 Å². The molecule has 0 aromatic heterocycles. The van der Waals surface area contributed by atoms with E-state index in [0.717, 1.165) is 0 Å². The smallest absolute Gasteiger partial charge is 0.465 e. The van der Waals surface area contributed by atoms with Gasteiger partial charge in [0.2, 0.25) is 0 Å². The molecular formula is C11H10BrF3O3. The zero-order valence-corrected chi connectivity index (χ0v) is 10.9. The Morgan fingerprint density at radius 2 is 1.89 bits per heavy atom. The van der Waals surface area contributed by atoms with Gasteiger partial charge in [0.15, 0.2) is 0 Å². The van der Waals surface area contributed by atoms with Gasteiger partial charge in [0.05, 0.1) is 12.7 Å². The highest BCUT2D eigenvalue weighted by molar-refractivity contribution is 9.09. The molecule has 0 amide bonds. The minimum atomic E-state index is -4.71. The standard InChI is InChI=1S/C11H10BrF3O3/c1-17-10(16)8-4-2-7(3-5-8)9(6-12)18-11(13,14)15/h2-5,9H,6H2,1H3/t9-/m1/s1. The van der Waals surface area contributed by atoms with Gasteiger partial charge in [-0.05, 0) is 17.7 Å². The first-order chi connectivity index (χ1) is 8.37. The topological polar surface area (TPSA) is 35.5 Å². The van der Waals surface area contributed by atoms with E-state index in [1.54, 1.807) is 0 Å². The van der Waals surface area contributed by atoms with Crippen LogP contribution >= 0.6 is 15.9 Å². The van der Waals surface area contributed by atoms with E-state index in [0.29, 0.717) is 5.56 Å². The maximum absolute atomic E-state index is 12.1. The summed E-state index contributed by atoms with van der Waals surface area (Å²) >= 11 is 2.95. The highest BCUT2D eigenvalue weighted by atomic mass is 79.9. The summed E-state index contributed by atoms with van der Waals surface area (Å²) in [5, 5.41) is -0.00984. The first-order valence-electron chi connectivity index (χ1n) is 4.86. The van der Waals surface area contributed by atoms with Gasteiger partial charge >= 0.3 is 12.3 Å². The highest BCUT2D eigenvalue weighted by Gasteiger charge is 2.33. The van der Waals surface area contributed by atoms with Crippen molar-refractivity contribution in [3.8, 4) is 0 Å². The normalized spacial score (nSPS) is 13.2. The summed E-state index contributed by atoms with van der Waals surface area (Å²) in [5.74, 6) is -0.548. The molecule has 7 heteroatoms. The maximum Gasteiger partial charge on any atom is 0.523 e. The largest absolute Gasteiger partial charge is 0.523 e. The van der Waals surface area contributed by atoms with Crippen LogP contribution in [0.4, 0.5) is 13.2 Å². The fourth-order valence-electron chi connectivity index (χ4n) is 1.30. The third kappa shape index (κ3) is 4.30. The molecule has 0 radical (unpaired) electrons. The Bertz CT molecular complexity index is 403. The minimum absolute atomic E-state index is 0.00984. The second kappa shape index (κ2) is 6.19. The molecule has 0 saturated carbocycles. The van der Waals surface area contributed by atoms with Crippen molar-refractivity contribution >= 4 is 21.9 Å². The van der Waals surface area contributed by atoms with Gasteiger partial charge in [-0.1, -0.05) is 28.1 Å². The maximum atomic E-state index is 12.1. The third-order valence-corrected chi connectivity index (χ3v) is 2.71. The summed E-state index contributed by atoms with van der Waals surface area (Å²) in [6, 6.07) is 5.56. The Balaban J connectivity index is 2.85. The van der Waals surface area contributed by atoms with Crippen LogP contribution in [-0.4, -0.2) is 24.8 Å². The van der Waals surface area contributed by atoms with Crippen molar-refractivity contribution in [3.05, 3.63) is 35.4 Å². The Morgan fingerprint density at radius 1 is 1.33 bits per heavy atom. The molecular weight excluding hydrogens is 317 g/mol. The molecule has 100 valence electrons. The predicted molar refractivity (Wildman–Crippen MR) is 61.5 cm³/mol. The van der Waals surface area contributed by atoms with Crippen molar-refractivity contribution in [3.63, 3.8) is 0 Å². The predicted octanol–water partition coefficient (Wildman–Crippen LogP) is 3.45. The van der Waals surface area contributed by atoms with Crippen molar-refractivity contribution in [2.75, 3.05) is 12.4 Å². The number of alkyl halides is 4. The second-order valence-corrected chi connectivity index (χ2v) is 3.97. The van der Waals surface area contributed by atoms with E-state index in [1.807, 2.05) is 0 Å². The van der Waals surface area contributed by atoms with Crippen LogP contribution in [0.1, 0.15) is 22.0 Å². The Morgan fingerprint density at radius 3 is 2.28 bits per heavy atom. The lowest BCUT2D eigenvalue weighted by Crippen LogP contribution is -2.19. The Labute approximate surface area is 110 Å².